The van der Waals surface area contributed by atoms with Crippen molar-refractivity contribution in [3.05, 3.63) is 0 Å². The normalized spacial score (nSPS) is 12.0. The molecule has 0 radical (unpaired) electrons. The van der Waals surface area contributed by atoms with Crippen LogP contribution in [0.1, 0.15) is 117 Å². The summed E-state index contributed by atoms with van der Waals surface area (Å²) in [6, 6.07) is 0. The van der Waals surface area contributed by atoms with E-state index in [1.54, 1.807) is 0 Å². The Kier molecular flexibility index (Phi) is 18.9. The quantitative estimate of drug-likeness (QED) is 0.186. The van der Waals surface area contributed by atoms with Crippen molar-refractivity contribution in [1.82, 2.24) is 0 Å². The molecule has 27 heavy (non-hydrogen) atoms. The van der Waals surface area contributed by atoms with E-state index in [0.717, 1.165) is 38.5 Å². The number of ether oxygens (including phenoxy) is 2. The van der Waals surface area contributed by atoms with Crippen LogP contribution in [0, 0.1) is 5.92 Å². The number of hydrogen-bond donors (Lipinski definition) is 0. The minimum Gasteiger partial charge on any atom is -0.469 e. The van der Waals surface area contributed by atoms with Crippen LogP contribution in [-0.4, -0.2) is 25.7 Å². The number of unbranched alkanes of at least 4 members (excludes halogenated alkanes) is 9. The molecule has 160 valence electrons. The first-order valence-electron chi connectivity index (χ1n) is 11.4. The third-order valence-corrected chi connectivity index (χ3v) is 5.15. The SMILES string of the molecule is CCCCCCC(CCCC)COC(=O)CCCCCCCCC(=O)OC. The molecule has 0 bridgehead atoms. The average molecular weight is 385 g/mol. The molecule has 0 fully saturated rings. The predicted octanol–water partition coefficient (Wildman–Crippen LogP) is 6.60. The lowest BCUT2D eigenvalue weighted by molar-refractivity contribution is -0.145. The van der Waals surface area contributed by atoms with Crippen molar-refractivity contribution in [3.63, 3.8) is 0 Å². The summed E-state index contributed by atoms with van der Waals surface area (Å²) < 4.78 is 10.2. The average Bonchev–Trinajstić information content (AvgIpc) is 2.68. The van der Waals surface area contributed by atoms with E-state index in [2.05, 4.69) is 18.6 Å². The van der Waals surface area contributed by atoms with Crippen molar-refractivity contribution in [3.8, 4) is 0 Å². The van der Waals surface area contributed by atoms with Gasteiger partial charge >= 0.3 is 11.9 Å². The molecule has 0 aliphatic rings. The van der Waals surface area contributed by atoms with Crippen LogP contribution < -0.4 is 0 Å². The lowest BCUT2D eigenvalue weighted by Crippen LogP contribution is -2.14. The summed E-state index contributed by atoms with van der Waals surface area (Å²) in [5.74, 6) is 0.386. The van der Waals surface area contributed by atoms with Crippen LogP contribution in [0.15, 0.2) is 0 Å². The molecule has 0 spiro atoms. The van der Waals surface area contributed by atoms with Gasteiger partial charge in [-0.05, 0) is 31.6 Å². The predicted molar refractivity (Wildman–Crippen MR) is 112 cm³/mol. The minimum atomic E-state index is -0.125. The third-order valence-electron chi connectivity index (χ3n) is 5.15. The van der Waals surface area contributed by atoms with Gasteiger partial charge in [0.25, 0.3) is 0 Å². The molecule has 0 saturated heterocycles. The van der Waals surface area contributed by atoms with Gasteiger partial charge in [0, 0.05) is 12.8 Å². The second kappa shape index (κ2) is 19.7. The maximum atomic E-state index is 12.0. The Morgan fingerprint density at radius 3 is 1.78 bits per heavy atom. The van der Waals surface area contributed by atoms with Gasteiger partial charge in [0.15, 0.2) is 0 Å². The molecule has 0 rings (SSSR count). The zero-order valence-electron chi connectivity index (χ0n) is 18.2. The Bertz CT molecular complexity index is 354. The number of carbonyl (C=O) groups excluding carboxylic acids is 2. The van der Waals surface area contributed by atoms with E-state index in [9.17, 15) is 9.59 Å². The largest absolute Gasteiger partial charge is 0.469 e. The molecule has 4 nitrogen and oxygen atoms in total. The van der Waals surface area contributed by atoms with Crippen molar-refractivity contribution < 1.29 is 19.1 Å². The van der Waals surface area contributed by atoms with Crippen molar-refractivity contribution >= 4 is 11.9 Å². The zero-order valence-corrected chi connectivity index (χ0v) is 18.2. The fraction of sp³-hybridized carbons (Fsp3) is 0.913. The molecular weight excluding hydrogens is 340 g/mol. The Morgan fingerprint density at radius 1 is 0.667 bits per heavy atom. The monoisotopic (exact) mass is 384 g/mol. The number of rotatable bonds is 19. The highest BCUT2D eigenvalue weighted by Gasteiger charge is 2.11. The lowest BCUT2D eigenvalue weighted by atomic mass is 9.96. The van der Waals surface area contributed by atoms with Gasteiger partial charge < -0.3 is 9.47 Å². The second-order valence-corrected chi connectivity index (χ2v) is 7.74. The molecule has 0 aromatic carbocycles. The van der Waals surface area contributed by atoms with E-state index in [1.165, 1.54) is 58.5 Å². The molecular formula is C23H44O4. The summed E-state index contributed by atoms with van der Waals surface area (Å²) in [5.41, 5.74) is 0. The van der Waals surface area contributed by atoms with E-state index in [-0.39, 0.29) is 11.9 Å². The molecule has 0 aliphatic carbocycles. The Hall–Kier alpha value is -1.06. The Balaban J connectivity index is 3.67. The van der Waals surface area contributed by atoms with Gasteiger partial charge in [0.1, 0.15) is 0 Å². The number of methoxy groups -OCH3 is 1. The van der Waals surface area contributed by atoms with Gasteiger partial charge in [-0.15, -0.1) is 0 Å². The van der Waals surface area contributed by atoms with Crippen LogP contribution in [0.25, 0.3) is 0 Å². The van der Waals surface area contributed by atoms with Crippen LogP contribution in [-0.2, 0) is 19.1 Å². The summed E-state index contributed by atoms with van der Waals surface area (Å²) in [6.45, 7) is 5.06. The van der Waals surface area contributed by atoms with E-state index in [1.807, 2.05) is 0 Å². The smallest absolute Gasteiger partial charge is 0.305 e. The molecule has 4 heteroatoms. The van der Waals surface area contributed by atoms with Crippen LogP contribution in [0.4, 0.5) is 0 Å². The topological polar surface area (TPSA) is 52.6 Å². The van der Waals surface area contributed by atoms with Gasteiger partial charge in [0.2, 0.25) is 0 Å². The van der Waals surface area contributed by atoms with Gasteiger partial charge in [-0.1, -0.05) is 78.1 Å². The van der Waals surface area contributed by atoms with E-state index >= 15 is 0 Å². The highest BCUT2D eigenvalue weighted by molar-refractivity contribution is 5.69. The number of esters is 2. The molecule has 1 unspecified atom stereocenters. The maximum absolute atomic E-state index is 12.0. The van der Waals surface area contributed by atoms with Crippen LogP contribution in [0.3, 0.4) is 0 Å². The molecule has 0 N–H and O–H groups in total. The highest BCUT2D eigenvalue weighted by Crippen LogP contribution is 2.18. The first kappa shape index (κ1) is 25.9. The second-order valence-electron chi connectivity index (χ2n) is 7.74. The number of carbonyl (C=O) groups is 2. The molecule has 0 saturated carbocycles. The zero-order chi connectivity index (χ0) is 20.2. The maximum Gasteiger partial charge on any atom is 0.305 e. The third kappa shape index (κ3) is 18.1. The Morgan fingerprint density at radius 2 is 1.19 bits per heavy atom. The van der Waals surface area contributed by atoms with Crippen LogP contribution >= 0.6 is 0 Å². The fourth-order valence-corrected chi connectivity index (χ4v) is 3.29. The van der Waals surface area contributed by atoms with Crippen molar-refractivity contribution in [2.75, 3.05) is 13.7 Å². The standard InChI is InChI=1S/C23H44O4/c1-4-6-8-13-17-21(16-7-5-2)20-27-23(25)19-15-12-10-9-11-14-18-22(24)26-3/h21H,4-20H2,1-3H3. The van der Waals surface area contributed by atoms with Gasteiger partial charge in [-0.2, -0.15) is 0 Å². The first-order chi connectivity index (χ1) is 13.1. The molecule has 0 amide bonds. The van der Waals surface area contributed by atoms with E-state index in [0.29, 0.717) is 25.4 Å². The van der Waals surface area contributed by atoms with Gasteiger partial charge in [0.05, 0.1) is 13.7 Å². The number of hydrogen-bond acceptors (Lipinski definition) is 4. The molecule has 0 aromatic heterocycles. The highest BCUT2D eigenvalue weighted by atomic mass is 16.5. The summed E-state index contributed by atoms with van der Waals surface area (Å²) in [7, 11) is 1.43. The summed E-state index contributed by atoms with van der Waals surface area (Å²) >= 11 is 0. The summed E-state index contributed by atoms with van der Waals surface area (Å²) in [6.07, 6.45) is 17.1. The lowest BCUT2D eigenvalue weighted by Gasteiger charge is -2.16. The molecule has 0 aliphatic heterocycles. The van der Waals surface area contributed by atoms with Crippen molar-refractivity contribution in [2.45, 2.75) is 117 Å². The van der Waals surface area contributed by atoms with E-state index < -0.39 is 0 Å². The van der Waals surface area contributed by atoms with Crippen molar-refractivity contribution in [2.24, 2.45) is 5.92 Å². The first-order valence-corrected chi connectivity index (χ1v) is 11.4. The molecule has 1 atom stereocenters. The van der Waals surface area contributed by atoms with E-state index in [4.69, 9.17) is 4.74 Å². The molecule has 0 heterocycles. The molecule has 0 aromatic rings. The fourth-order valence-electron chi connectivity index (χ4n) is 3.29. The minimum absolute atomic E-state index is 0.0317. The van der Waals surface area contributed by atoms with Crippen LogP contribution in [0.5, 0.6) is 0 Å². The van der Waals surface area contributed by atoms with Gasteiger partial charge in [-0.25, -0.2) is 0 Å². The van der Waals surface area contributed by atoms with Crippen LogP contribution in [0.2, 0.25) is 0 Å². The van der Waals surface area contributed by atoms with Crippen molar-refractivity contribution in [1.29, 1.82) is 0 Å². The van der Waals surface area contributed by atoms with Gasteiger partial charge in [-0.3, -0.25) is 9.59 Å². The summed E-state index contributed by atoms with van der Waals surface area (Å²) in [4.78, 5) is 23.0. The summed E-state index contributed by atoms with van der Waals surface area (Å²) in [5, 5.41) is 0. The Labute approximate surface area is 167 Å².